The van der Waals surface area contributed by atoms with Crippen molar-refractivity contribution in [2.75, 3.05) is 18.1 Å². The van der Waals surface area contributed by atoms with Gasteiger partial charge in [-0.05, 0) is 55.5 Å². The van der Waals surface area contributed by atoms with Crippen LogP contribution in [0.5, 0.6) is 0 Å². The van der Waals surface area contributed by atoms with Crippen molar-refractivity contribution in [3.05, 3.63) is 77.9 Å². The zero-order chi connectivity index (χ0) is 20.6. The maximum atomic E-state index is 13.4. The number of likely N-dealkylation sites (tertiary alicyclic amines) is 1. The lowest BCUT2D eigenvalue weighted by atomic mass is 9.83. The van der Waals surface area contributed by atoms with E-state index < -0.39 is 11.5 Å². The summed E-state index contributed by atoms with van der Waals surface area (Å²) in [5.41, 5.74) is 6.68. The molecule has 1 N–H and O–H groups in total. The number of benzene rings is 2. The fourth-order valence-corrected chi connectivity index (χ4v) is 4.41. The molecule has 5 nitrogen and oxygen atoms in total. The highest BCUT2D eigenvalue weighted by Gasteiger charge is 2.62. The number of nitrogens with zero attached hydrogens (tertiary/aromatic N) is 2. The molecule has 0 radical (unpaired) electrons. The van der Waals surface area contributed by atoms with E-state index in [0.29, 0.717) is 19.5 Å². The first kappa shape index (κ1) is 19.4. The van der Waals surface area contributed by atoms with Crippen LogP contribution in [0.15, 0.2) is 61.2 Å². The molecule has 2 atom stereocenters. The lowest BCUT2D eigenvalue weighted by molar-refractivity contribution is -0.133. The molecule has 2 saturated heterocycles. The van der Waals surface area contributed by atoms with E-state index in [-0.39, 0.29) is 11.8 Å². The van der Waals surface area contributed by atoms with E-state index in [0.717, 1.165) is 23.2 Å². The van der Waals surface area contributed by atoms with E-state index in [2.05, 4.69) is 24.1 Å². The van der Waals surface area contributed by atoms with Crippen LogP contribution in [0.4, 0.5) is 5.69 Å². The van der Waals surface area contributed by atoms with Gasteiger partial charge in [0, 0.05) is 13.1 Å². The van der Waals surface area contributed by atoms with Gasteiger partial charge in [-0.3, -0.25) is 9.59 Å². The average molecular weight is 389 g/mol. The molecule has 2 aromatic rings. The minimum Gasteiger partial charge on any atom is -0.336 e. The van der Waals surface area contributed by atoms with Gasteiger partial charge in [0.1, 0.15) is 5.54 Å². The standard InChI is InChI=1S/C24H27N3O2/c1-4-14-26-16-21-22(28)27(20-11-10-17(2)18(3)15-20)25-24(21,23(26)29)13-12-19-8-6-5-7-9-19/h4-11,15,21,25H,1,12-14,16H2,2-3H3. The van der Waals surface area contributed by atoms with Gasteiger partial charge in [0.2, 0.25) is 11.8 Å². The normalized spacial score (nSPS) is 23.6. The smallest absolute Gasteiger partial charge is 0.248 e. The Bertz CT molecular complexity index is 956. The summed E-state index contributed by atoms with van der Waals surface area (Å²) in [7, 11) is 0. The van der Waals surface area contributed by atoms with Crippen LogP contribution in [0.25, 0.3) is 0 Å². The summed E-state index contributed by atoms with van der Waals surface area (Å²) < 4.78 is 0. The average Bonchev–Trinajstić information content (AvgIpc) is 3.16. The zero-order valence-corrected chi connectivity index (χ0v) is 17.0. The van der Waals surface area contributed by atoms with Gasteiger partial charge >= 0.3 is 0 Å². The molecule has 0 aromatic heterocycles. The van der Waals surface area contributed by atoms with Gasteiger partial charge in [0.25, 0.3) is 0 Å². The van der Waals surface area contributed by atoms with Crippen molar-refractivity contribution < 1.29 is 9.59 Å². The lowest BCUT2D eigenvalue weighted by Gasteiger charge is -2.29. The van der Waals surface area contributed by atoms with E-state index in [1.807, 2.05) is 50.2 Å². The van der Waals surface area contributed by atoms with Crippen LogP contribution in [-0.4, -0.2) is 35.3 Å². The number of carbonyl (C=O) groups excluding carboxylic acids is 2. The number of carbonyl (C=O) groups is 2. The molecule has 2 aliphatic rings. The first-order chi connectivity index (χ1) is 14.0. The summed E-state index contributed by atoms with van der Waals surface area (Å²) in [6, 6.07) is 16.0. The Kier molecular flexibility index (Phi) is 5.01. The number of hydrogen-bond donors (Lipinski definition) is 1. The molecule has 0 spiro atoms. The van der Waals surface area contributed by atoms with Crippen LogP contribution in [0.2, 0.25) is 0 Å². The Morgan fingerprint density at radius 1 is 1.14 bits per heavy atom. The fourth-order valence-electron chi connectivity index (χ4n) is 4.41. The van der Waals surface area contributed by atoms with Crippen molar-refractivity contribution in [2.45, 2.75) is 32.2 Å². The molecule has 5 heteroatoms. The monoisotopic (exact) mass is 389 g/mol. The molecule has 2 fully saturated rings. The Morgan fingerprint density at radius 3 is 2.59 bits per heavy atom. The van der Waals surface area contributed by atoms with E-state index >= 15 is 0 Å². The van der Waals surface area contributed by atoms with E-state index in [4.69, 9.17) is 0 Å². The van der Waals surface area contributed by atoms with E-state index in [1.165, 1.54) is 5.56 Å². The largest absolute Gasteiger partial charge is 0.336 e. The topological polar surface area (TPSA) is 52.7 Å². The number of fused-ring (bicyclic) bond motifs is 1. The van der Waals surface area contributed by atoms with Gasteiger partial charge in [-0.25, -0.2) is 10.4 Å². The van der Waals surface area contributed by atoms with Crippen LogP contribution in [0, 0.1) is 19.8 Å². The van der Waals surface area contributed by atoms with Crippen molar-refractivity contribution in [1.82, 2.24) is 10.3 Å². The highest BCUT2D eigenvalue weighted by atomic mass is 16.2. The highest BCUT2D eigenvalue weighted by molar-refractivity contribution is 6.07. The molecule has 2 heterocycles. The van der Waals surface area contributed by atoms with Gasteiger partial charge in [0.05, 0.1) is 11.6 Å². The first-order valence-electron chi connectivity index (χ1n) is 10.1. The number of amides is 2. The molecular formula is C24H27N3O2. The second kappa shape index (κ2) is 7.48. The number of aryl methyl sites for hydroxylation is 3. The van der Waals surface area contributed by atoms with Crippen molar-refractivity contribution >= 4 is 17.5 Å². The van der Waals surface area contributed by atoms with E-state index in [1.54, 1.807) is 16.0 Å². The SMILES string of the molecule is C=CCN1CC2C(=O)N(c3ccc(C)c(C)c3)NC2(CCc2ccccc2)C1=O. The molecule has 2 aliphatic heterocycles. The van der Waals surface area contributed by atoms with Gasteiger partial charge in [-0.1, -0.05) is 42.5 Å². The van der Waals surface area contributed by atoms with Gasteiger partial charge in [-0.15, -0.1) is 6.58 Å². The summed E-state index contributed by atoms with van der Waals surface area (Å²) in [6.45, 7) is 8.72. The zero-order valence-electron chi connectivity index (χ0n) is 17.0. The molecule has 2 amide bonds. The second-order valence-electron chi connectivity index (χ2n) is 8.06. The molecule has 4 rings (SSSR count). The molecule has 2 aromatic carbocycles. The minimum atomic E-state index is -0.908. The molecule has 0 aliphatic carbocycles. The minimum absolute atomic E-state index is 0.0157. The third kappa shape index (κ3) is 3.25. The predicted molar refractivity (Wildman–Crippen MR) is 114 cm³/mol. The number of nitrogens with one attached hydrogen (secondary N) is 1. The fraction of sp³-hybridized carbons (Fsp3) is 0.333. The molecule has 150 valence electrons. The van der Waals surface area contributed by atoms with E-state index in [9.17, 15) is 9.59 Å². The van der Waals surface area contributed by atoms with Crippen LogP contribution in [0.1, 0.15) is 23.1 Å². The maximum Gasteiger partial charge on any atom is 0.248 e. The molecular weight excluding hydrogens is 362 g/mol. The number of anilines is 1. The Labute approximate surface area is 172 Å². The van der Waals surface area contributed by atoms with Crippen molar-refractivity contribution in [3.63, 3.8) is 0 Å². The van der Waals surface area contributed by atoms with Crippen LogP contribution < -0.4 is 10.4 Å². The van der Waals surface area contributed by atoms with Gasteiger partial charge in [0.15, 0.2) is 0 Å². The third-order valence-electron chi connectivity index (χ3n) is 6.25. The van der Waals surface area contributed by atoms with Gasteiger partial charge < -0.3 is 4.90 Å². The molecule has 0 saturated carbocycles. The second-order valence-corrected chi connectivity index (χ2v) is 8.06. The molecule has 2 unspecified atom stereocenters. The maximum absolute atomic E-state index is 13.4. The highest BCUT2D eigenvalue weighted by Crippen LogP contribution is 2.40. The Morgan fingerprint density at radius 2 is 1.90 bits per heavy atom. The van der Waals surface area contributed by atoms with Crippen molar-refractivity contribution in [3.8, 4) is 0 Å². The quantitative estimate of drug-likeness (QED) is 0.772. The van der Waals surface area contributed by atoms with Crippen LogP contribution in [0.3, 0.4) is 0 Å². The van der Waals surface area contributed by atoms with Crippen molar-refractivity contribution in [1.29, 1.82) is 0 Å². The Balaban J connectivity index is 1.67. The summed E-state index contributed by atoms with van der Waals surface area (Å²) >= 11 is 0. The summed E-state index contributed by atoms with van der Waals surface area (Å²) in [4.78, 5) is 28.5. The van der Waals surface area contributed by atoms with Crippen LogP contribution in [-0.2, 0) is 16.0 Å². The lowest BCUT2D eigenvalue weighted by Crippen LogP contribution is -2.54. The number of hydrazine groups is 1. The summed E-state index contributed by atoms with van der Waals surface area (Å²) in [5.74, 6) is -0.459. The van der Waals surface area contributed by atoms with Gasteiger partial charge in [-0.2, -0.15) is 0 Å². The van der Waals surface area contributed by atoms with Crippen LogP contribution >= 0.6 is 0 Å². The molecule has 29 heavy (non-hydrogen) atoms. The summed E-state index contributed by atoms with van der Waals surface area (Å²) in [5, 5.41) is 1.59. The van der Waals surface area contributed by atoms with Crippen molar-refractivity contribution in [2.24, 2.45) is 5.92 Å². The number of hydrogen-bond acceptors (Lipinski definition) is 3. The number of rotatable bonds is 6. The summed E-state index contributed by atoms with van der Waals surface area (Å²) in [6.07, 6.45) is 3.02. The third-order valence-corrected chi connectivity index (χ3v) is 6.25. The first-order valence-corrected chi connectivity index (χ1v) is 10.1. The Hall–Kier alpha value is -2.92. The predicted octanol–water partition coefficient (Wildman–Crippen LogP) is 3.17. The molecule has 0 bridgehead atoms.